The van der Waals surface area contributed by atoms with Gasteiger partial charge in [0.15, 0.2) is 11.0 Å². The Balaban J connectivity index is 2.54. The number of anilines is 1. The van der Waals surface area contributed by atoms with Gasteiger partial charge in [-0.15, -0.1) is 0 Å². The SMILES string of the molecule is CCN(CC)C(=O)CCNc1nc(C)c(C)nc1Cl. The van der Waals surface area contributed by atoms with Gasteiger partial charge in [0.25, 0.3) is 0 Å². The summed E-state index contributed by atoms with van der Waals surface area (Å²) in [7, 11) is 0. The van der Waals surface area contributed by atoms with Gasteiger partial charge < -0.3 is 10.2 Å². The lowest BCUT2D eigenvalue weighted by molar-refractivity contribution is -0.130. The Hall–Kier alpha value is -1.36. The van der Waals surface area contributed by atoms with Crippen LogP contribution in [0.4, 0.5) is 5.82 Å². The maximum absolute atomic E-state index is 11.8. The van der Waals surface area contributed by atoms with Gasteiger partial charge in [-0.3, -0.25) is 4.79 Å². The summed E-state index contributed by atoms with van der Waals surface area (Å²) in [5.74, 6) is 0.669. The first-order chi connectivity index (χ1) is 8.99. The Morgan fingerprint density at radius 1 is 1.21 bits per heavy atom. The summed E-state index contributed by atoms with van der Waals surface area (Å²) in [4.78, 5) is 22.1. The summed E-state index contributed by atoms with van der Waals surface area (Å²) < 4.78 is 0. The number of amides is 1. The van der Waals surface area contributed by atoms with Gasteiger partial charge in [-0.2, -0.15) is 0 Å². The van der Waals surface area contributed by atoms with E-state index in [-0.39, 0.29) is 5.91 Å². The molecule has 6 heteroatoms. The fourth-order valence-corrected chi connectivity index (χ4v) is 1.95. The van der Waals surface area contributed by atoms with Gasteiger partial charge in [-0.25, -0.2) is 9.97 Å². The molecule has 0 atom stereocenters. The van der Waals surface area contributed by atoms with Crippen molar-refractivity contribution in [3.63, 3.8) is 0 Å². The van der Waals surface area contributed by atoms with Crippen molar-refractivity contribution in [2.24, 2.45) is 0 Å². The highest BCUT2D eigenvalue weighted by Crippen LogP contribution is 2.18. The molecule has 1 aromatic heterocycles. The van der Waals surface area contributed by atoms with Crippen LogP contribution in [0.5, 0.6) is 0 Å². The predicted molar refractivity (Wildman–Crippen MR) is 77.6 cm³/mol. The van der Waals surface area contributed by atoms with Gasteiger partial charge in [0.1, 0.15) is 0 Å². The van der Waals surface area contributed by atoms with E-state index >= 15 is 0 Å². The number of aromatic nitrogens is 2. The fraction of sp³-hybridized carbons (Fsp3) is 0.615. The molecule has 1 heterocycles. The molecule has 1 amide bonds. The van der Waals surface area contributed by atoms with E-state index in [0.717, 1.165) is 24.5 Å². The van der Waals surface area contributed by atoms with E-state index in [4.69, 9.17) is 11.6 Å². The van der Waals surface area contributed by atoms with Crippen LogP contribution in [0.2, 0.25) is 5.15 Å². The number of carbonyl (C=O) groups excluding carboxylic acids is 1. The van der Waals surface area contributed by atoms with Crippen LogP contribution in [0, 0.1) is 13.8 Å². The second-order valence-corrected chi connectivity index (χ2v) is 4.63. The van der Waals surface area contributed by atoms with Crippen LogP contribution < -0.4 is 5.32 Å². The molecular weight excluding hydrogens is 264 g/mol. The number of hydrogen-bond donors (Lipinski definition) is 1. The lowest BCUT2D eigenvalue weighted by Crippen LogP contribution is -2.31. The molecule has 1 aromatic rings. The van der Waals surface area contributed by atoms with E-state index in [9.17, 15) is 4.79 Å². The third kappa shape index (κ3) is 4.35. The van der Waals surface area contributed by atoms with Gasteiger partial charge in [-0.1, -0.05) is 11.6 Å². The van der Waals surface area contributed by atoms with Gasteiger partial charge in [0, 0.05) is 26.1 Å². The van der Waals surface area contributed by atoms with Crippen molar-refractivity contribution in [2.45, 2.75) is 34.1 Å². The van der Waals surface area contributed by atoms with E-state index in [0.29, 0.717) is 23.9 Å². The molecule has 0 bridgehead atoms. The van der Waals surface area contributed by atoms with E-state index < -0.39 is 0 Å². The number of carbonyl (C=O) groups is 1. The topological polar surface area (TPSA) is 58.1 Å². The summed E-state index contributed by atoms with van der Waals surface area (Å²) >= 11 is 6.00. The molecule has 0 aliphatic heterocycles. The first-order valence-electron chi connectivity index (χ1n) is 6.51. The van der Waals surface area contributed by atoms with Crippen molar-refractivity contribution in [2.75, 3.05) is 25.0 Å². The number of hydrogen-bond acceptors (Lipinski definition) is 4. The lowest BCUT2D eigenvalue weighted by Gasteiger charge is -2.18. The highest BCUT2D eigenvalue weighted by Gasteiger charge is 2.10. The maximum atomic E-state index is 11.8. The van der Waals surface area contributed by atoms with E-state index in [2.05, 4.69) is 15.3 Å². The largest absolute Gasteiger partial charge is 0.367 e. The predicted octanol–water partition coefficient (Wildman–Crippen LogP) is 2.42. The number of rotatable bonds is 6. The normalized spacial score (nSPS) is 10.4. The van der Waals surface area contributed by atoms with Crippen molar-refractivity contribution in [1.29, 1.82) is 0 Å². The fourth-order valence-electron chi connectivity index (χ4n) is 1.71. The quantitative estimate of drug-likeness (QED) is 0.871. The zero-order valence-corrected chi connectivity index (χ0v) is 12.7. The van der Waals surface area contributed by atoms with Crippen LogP contribution >= 0.6 is 11.6 Å². The minimum Gasteiger partial charge on any atom is -0.367 e. The van der Waals surface area contributed by atoms with Gasteiger partial charge in [0.05, 0.1) is 11.4 Å². The average molecular weight is 285 g/mol. The number of aryl methyl sites for hydroxylation is 2. The van der Waals surface area contributed by atoms with E-state index in [1.165, 1.54) is 0 Å². The van der Waals surface area contributed by atoms with E-state index in [1.807, 2.05) is 27.7 Å². The number of halogens is 1. The Morgan fingerprint density at radius 3 is 2.37 bits per heavy atom. The van der Waals surface area contributed by atoms with Crippen molar-refractivity contribution in [3.05, 3.63) is 16.5 Å². The molecule has 0 fully saturated rings. The molecule has 5 nitrogen and oxygen atoms in total. The molecule has 0 saturated carbocycles. The minimum absolute atomic E-state index is 0.130. The molecule has 0 spiro atoms. The molecule has 106 valence electrons. The summed E-state index contributed by atoms with van der Waals surface area (Å²) in [6.45, 7) is 9.67. The smallest absolute Gasteiger partial charge is 0.224 e. The number of nitrogens with one attached hydrogen (secondary N) is 1. The highest BCUT2D eigenvalue weighted by atomic mass is 35.5. The third-order valence-corrected chi connectivity index (χ3v) is 3.28. The molecule has 0 aliphatic rings. The zero-order chi connectivity index (χ0) is 14.4. The van der Waals surface area contributed by atoms with Crippen LogP contribution in [0.25, 0.3) is 0 Å². The molecule has 0 aliphatic carbocycles. The Bertz CT molecular complexity index is 447. The molecule has 0 unspecified atom stereocenters. The minimum atomic E-state index is 0.130. The monoisotopic (exact) mass is 284 g/mol. The molecule has 0 saturated heterocycles. The van der Waals surface area contributed by atoms with Crippen LogP contribution in [0.15, 0.2) is 0 Å². The summed E-state index contributed by atoms with van der Waals surface area (Å²) in [6.07, 6.45) is 0.423. The van der Waals surface area contributed by atoms with Crippen LogP contribution in [-0.2, 0) is 4.79 Å². The first kappa shape index (κ1) is 15.7. The van der Waals surface area contributed by atoms with E-state index in [1.54, 1.807) is 4.90 Å². The molecule has 19 heavy (non-hydrogen) atoms. The van der Waals surface area contributed by atoms with Crippen LogP contribution in [0.1, 0.15) is 31.7 Å². The van der Waals surface area contributed by atoms with Crippen molar-refractivity contribution >= 4 is 23.3 Å². The standard InChI is InChI=1S/C13H21ClN4O/c1-5-18(6-2)11(19)7-8-15-13-12(14)16-9(3)10(4)17-13/h5-8H2,1-4H3,(H,15,17). The summed E-state index contributed by atoms with van der Waals surface area (Å²) in [5.41, 5.74) is 1.65. The van der Waals surface area contributed by atoms with Crippen LogP contribution in [-0.4, -0.2) is 40.4 Å². The third-order valence-electron chi connectivity index (χ3n) is 3.01. The molecule has 1 N–H and O–H groups in total. The molecular formula is C13H21ClN4O. The second-order valence-electron chi connectivity index (χ2n) is 4.28. The van der Waals surface area contributed by atoms with Crippen LogP contribution in [0.3, 0.4) is 0 Å². The average Bonchev–Trinajstić information content (AvgIpc) is 2.37. The Labute approximate surface area is 119 Å². The lowest BCUT2D eigenvalue weighted by atomic mass is 10.3. The van der Waals surface area contributed by atoms with Crippen molar-refractivity contribution in [1.82, 2.24) is 14.9 Å². The second kappa shape index (κ2) is 7.28. The van der Waals surface area contributed by atoms with Gasteiger partial charge in [-0.05, 0) is 27.7 Å². The molecule has 0 radical (unpaired) electrons. The van der Waals surface area contributed by atoms with Crippen molar-refractivity contribution in [3.8, 4) is 0 Å². The first-order valence-corrected chi connectivity index (χ1v) is 6.89. The maximum Gasteiger partial charge on any atom is 0.224 e. The molecule has 1 rings (SSSR count). The Kier molecular flexibility index (Phi) is 6.02. The van der Waals surface area contributed by atoms with Gasteiger partial charge >= 0.3 is 0 Å². The number of nitrogens with zero attached hydrogens (tertiary/aromatic N) is 3. The zero-order valence-electron chi connectivity index (χ0n) is 12.0. The summed E-state index contributed by atoms with van der Waals surface area (Å²) in [5, 5.41) is 3.41. The van der Waals surface area contributed by atoms with Crippen molar-refractivity contribution < 1.29 is 4.79 Å². The molecule has 0 aromatic carbocycles. The Morgan fingerprint density at radius 2 is 1.79 bits per heavy atom. The van der Waals surface area contributed by atoms with Gasteiger partial charge in [0.2, 0.25) is 5.91 Å². The summed E-state index contributed by atoms with van der Waals surface area (Å²) in [6, 6.07) is 0. The highest BCUT2D eigenvalue weighted by molar-refractivity contribution is 6.31.